The third-order valence-corrected chi connectivity index (χ3v) is 4.85. The number of ether oxygens (including phenoxy) is 1. The van der Waals surface area contributed by atoms with Crippen LogP contribution in [0.3, 0.4) is 0 Å². The standard InChI is InChI=1S/C19H32N4O5/c1-19(2,3)28-18(27)22-11-8-14(9-12-22)17(26)21-20-15(24)13-23-10-6-4-5-7-16(23)25/h14H,4-13H2,1-3H3,(H,20,24)(H,21,26). The van der Waals surface area contributed by atoms with Gasteiger partial charge in [0.15, 0.2) is 0 Å². The summed E-state index contributed by atoms with van der Waals surface area (Å²) in [5.74, 6) is -0.985. The molecule has 0 radical (unpaired) electrons. The van der Waals surface area contributed by atoms with Gasteiger partial charge in [0.2, 0.25) is 11.8 Å². The van der Waals surface area contributed by atoms with E-state index >= 15 is 0 Å². The van der Waals surface area contributed by atoms with Crippen molar-refractivity contribution in [1.29, 1.82) is 0 Å². The molecule has 2 aliphatic heterocycles. The van der Waals surface area contributed by atoms with E-state index in [0.717, 1.165) is 19.3 Å². The Bertz CT molecular complexity index is 594. The fraction of sp³-hybridized carbons (Fsp3) is 0.789. The first-order valence-electron chi connectivity index (χ1n) is 10.00. The van der Waals surface area contributed by atoms with Gasteiger partial charge >= 0.3 is 6.09 Å². The molecular formula is C19H32N4O5. The molecule has 2 aliphatic rings. The van der Waals surface area contributed by atoms with Gasteiger partial charge in [0.05, 0.1) is 0 Å². The van der Waals surface area contributed by atoms with Crippen molar-refractivity contribution in [3.63, 3.8) is 0 Å². The number of nitrogens with zero attached hydrogens (tertiary/aromatic N) is 2. The van der Waals surface area contributed by atoms with Crippen molar-refractivity contribution in [2.75, 3.05) is 26.2 Å². The van der Waals surface area contributed by atoms with Crippen LogP contribution in [-0.4, -0.2) is 65.4 Å². The molecule has 2 rings (SSSR count). The number of nitrogens with one attached hydrogen (secondary N) is 2. The summed E-state index contributed by atoms with van der Waals surface area (Å²) in [5.41, 5.74) is 4.29. The summed E-state index contributed by atoms with van der Waals surface area (Å²) in [4.78, 5) is 51.4. The van der Waals surface area contributed by atoms with Crippen molar-refractivity contribution < 1.29 is 23.9 Å². The van der Waals surface area contributed by atoms with Gasteiger partial charge in [-0.15, -0.1) is 0 Å². The molecule has 0 saturated carbocycles. The van der Waals surface area contributed by atoms with Gasteiger partial charge in [0, 0.05) is 32.0 Å². The van der Waals surface area contributed by atoms with Crippen molar-refractivity contribution in [2.24, 2.45) is 5.92 Å². The molecule has 28 heavy (non-hydrogen) atoms. The van der Waals surface area contributed by atoms with E-state index in [2.05, 4.69) is 10.9 Å². The van der Waals surface area contributed by atoms with Gasteiger partial charge in [-0.3, -0.25) is 25.2 Å². The van der Waals surface area contributed by atoms with Gasteiger partial charge in [-0.05, 0) is 46.5 Å². The highest BCUT2D eigenvalue weighted by Gasteiger charge is 2.30. The molecule has 0 aromatic rings. The predicted molar refractivity (Wildman–Crippen MR) is 102 cm³/mol. The normalized spacial score (nSPS) is 19.0. The van der Waals surface area contributed by atoms with Crippen LogP contribution in [0.2, 0.25) is 0 Å². The highest BCUT2D eigenvalue weighted by molar-refractivity contribution is 5.87. The predicted octanol–water partition coefficient (Wildman–Crippen LogP) is 1.18. The van der Waals surface area contributed by atoms with Crippen LogP contribution in [0.25, 0.3) is 0 Å². The summed E-state index contributed by atoms with van der Waals surface area (Å²) in [5, 5.41) is 0. The lowest BCUT2D eigenvalue weighted by Gasteiger charge is -2.32. The number of piperidine rings is 1. The second-order valence-electron chi connectivity index (χ2n) is 8.41. The average molecular weight is 396 g/mol. The maximum atomic E-state index is 12.3. The van der Waals surface area contributed by atoms with Crippen molar-refractivity contribution in [1.82, 2.24) is 20.7 Å². The minimum absolute atomic E-state index is 0.0199. The fourth-order valence-electron chi connectivity index (χ4n) is 3.30. The number of carbonyl (C=O) groups excluding carboxylic acids is 4. The molecule has 0 atom stereocenters. The van der Waals surface area contributed by atoms with Crippen LogP contribution in [-0.2, 0) is 19.1 Å². The lowest BCUT2D eigenvalue weighted by atomic mass is 9.96. The third kappa shape index (κ3) is 7.01. The summed E-state index contributed by atoms with van der Waals surface area (Å²) in [6, 6.07) is 0. The second-order valence-corrected chi connectivity index (χ2v) is 8.41. The van der Waals surface area contributed by atoms with E-state index in [4.69, 9.17) is 4.74 Å². The van der Waals surface area contributed by atoms with Crippen molar-refractivity contribution in [2.45, 2.75) is 64.9 Å². The number of hydrogen-bond acceptors (Lipinski definition) is 5. The first-order valence-corrected chi connectivity index (χ1v) is 10.00. The van der Waals surface area contributed by atoms with Gasteiger partial charge in [0.25, 0.3) is 5.91 Å². The topological polar surface area (TPSA) is 108 Å². The molecule has 2 fully saturated rings. The molecule has 0 spiro atoms. The smallest absolute Gasteiger partial charge is 0.410 e. The lowest BCUT2D eigenvalue weighted by Crippen LogP contribution is -2.51. The molecule has 0 aromatic carbocycles. The monoisotopic (exact) mass is 396 g/mol. The van der Waals surface area contributed by atoms with E-state index in [0.29, 0.717) is 38.9 Å². The zero-order chi connectivity index (χ0) is 20.7. The fourth-order valence-corrected chi connectivity index (χ4v) is 3.30. The van der Waals surface area contributed by atoms with Crippen molar-refractivity contribution >= 4 is 23.8 Å². The van der Waals surface area contributed by atoms with Crippen LogP contribution in [0.1, 0.15) is 59.3 Å². The Morgan fingerprint density at radius 3 is 2.36 bits per heavy atom. The van der Waals surface area contributed by atoms with E-state index in [1.165, 1.54) is 4.90 Å². The minimum atomic E-state index is -0.551. The van der Waals surface area contributed by atoms with Crippen LogP contribution < -0.4 is 10.9 Å². The highest BCUT2D eigenvalue weighted by Crippen LogP contribution is 2.19. The summed E-state index contributed by atoms with van der Waals surface area (Å²) < 4.78 is 5.34. The molecule has 0 aliphatic carbocycles. The van der Waals surface area contributed by atoms with E-state index in [1.807, 2.05) is 20.8 Å². The Morgan fingerprint density at radius 1 is 1.04 bits per heavy atom. The maximum absolute atomic E-state index is 12.3. The quantitative estimate of drug-likeness (QED) is 0.697. The summed E-state index contributed by atoms with van der Waals surface area (Å²) in [6.45, 7) is 6.83. The zero-order valence-electron chi connectivity index (χ0n) is 17.1. The SMILES string of the molecule is CC(C)(C)OC(=O)N1CCC(C(=O)NNC(=O)CN2CCCCCC2=O)CC1. The Hall–Kier alpha value is -2.32. The second kappa shape index (κ2) is 9.75. The first kappa shape index (κ1) is 22.0. The van der Waals surface area contributed by atoms with Crippen LogP contribution in [0.15, 0.2) is 0 Å². The van der Waals surface area contributed by atoms with Gasteiger partial charge in [-0.25, -0.2) is 4.79 Å². The summed E-state index contributed by atoms with van der Waals surface area (Å²) in [6.07, 6.45) is 3.84. The third-order valence-electron chi connectivity index (χ3n) is 4.85. The van der Waals surface area contributed by atoms with Gasteiger partial charge in [-0.1, -0.05) is 6.42 Å². The molecule has 2 saturated heterocycles. The molecule has 158 valence electrons. The largest absolute Gasteiger partial charge is 0.444 e. The van der Waals surface area contributed by atoms with Crippen LogP contribution in [0, 0.1) is 5.92 Å². The molecular weight excluding hydrogens is 364 g/mol. The lowest BCUT2D eigenvalue weighted by molar-refractivity contribution is -0.137. The maximum Gasteiger partial charge on any atom is 0.410 e. The average Bonchev–Trinajstić information content (AvgIpc) is 2.83. The molecule has 9 heteroatoms. The molecule has 9 nitrogen and oxygen atoms in total. The van der Waals surface area contributed by atoms with Crippen molar-refractivity contribution in [3.8, 4) is 0 Å². The number of rotatable bonds is 3. The number of hydrazine groups is 1. The summed E-state index contributed by atoms with van der Waals surface area (Å²) in [7, 11) is 0. The van der Waals surface area contributed by atoms with Crippen LogP contribution in [0.5, 0.6) is 0 Å². The number of likely N-dealkylation sites (tertiary alicyclic amines) is 2. The molecule has 0 aromatic heterocycles. The molecule has 2 N–H and O–H groups in total. The van der Waals surface area contributed by atoms with Gasteiger partial charge in [-0.2, -0.15) is 0 Å². The molecule has 0 unspecified atom stereocenters. The van der Waals surface area contributed by atoms with Gasteiger partial charge < -0.3 is 14.5 Å². The van der Waals surface area contributed by atoms with E-state index in [9.17, 15) is 19.2 Å². The number of hydrogen-bond donors (Lipinski definition) is 2. The summed E-state index contributed by atoms with van der Waals surface area (Å²) >= 11 is 0. The highest BCUT2D eigenvalue weighted by atomic mass is 16.6. The van der Waals surface area contributed by atoms with E-state index in [1.54, 1.807) is 4.90 Å². The Morgan fingerprint density at radius 2 is 1.71 bits per heavy atom. The van der Waals surface area contributed by atoms with E-state index in [-0.39, 0.29) is 30.4 Å². The Balaban J connectivity index is 1.70. The van der Waals surface area contributed by atoms with Crippen LogP contribution >= 0.6 is 0 Å². The zero-order valence-corrected chi connectivity index (χ0v) is 17.1. The minimum Gasteiger partial charge on any atom is -0.444 e. The van der Waals surface area contributed by atoms with Crippen LogP contribution in [0.4, 0.5) is 4.79 Å². The van der Waals surface area contributed by atoms with E-state index < -0.39 is 11.5 Å². The molecule has 4 amide bonds. The Labute approximate surface area is 166 Å². The first-order chi connectivity index (χ1) is 13.2. The number of amides is 4. The van der Waals surface area contributed by atoms with Gasteiger partial charge in [0.1, 0.15) is 12.1 Å². The Kier molecular flexibility index (Phi) is 7.65. The molecule has 2 heterocycles. The number of carbonyl (C=O) groups is 4. The molecule has 0 bridgehead atoms. The van der Waals surface area contributed by atoms with Crippen molar-refractivity contribution in [3.05, 3.63) is 0 Å².